The molecule has 0 aliphatic carbocycles. The number of rotatable bonds is 6. The lowest BCUT2D eigenvalue weighted by Crippen LogP contribution is -2.28. The Morgan fingerprint density at radius 1 is 1.27 bits per heavy atom. The maximum atomic E-state index is 12.4. The number of hydrogen-bond donors (Lipinski definition) is 1. The van der Waals surface area contributed by atoms with Gasteiger partial charge in [-0.05, 0) is 24.4 Å². The van der Waals surface area contributed by atoms with Crippen molar-refractivity contribution in [3.63, 3.8) is 0 Å². The van der Waals surface area contributed by atoms with E-state index in [9.17, 15) is 9.59 Å². The van der Waals surface area contributed by atoms with Gasteiger partial charge in [-0.15, -0.1) is 11.3 Å². The van der Waals surface area contributed by atoms with Gasteiger partial charge < -0.3 is 14.6 Å². The Bertz CT molecular complexity index is 921. The van der Waals surface area contributed by atoms with E-state index >= 15 is 0 Å². The molecule has 6 nitrogen and oxygen atoms in total. The molecule has 0 radical (unpaired) electrons. The van der Waals surface area contributed by atoms with Crippen molar-refractivity contribution in [3.8, 4) is 11.3 Å². The van der Waals surface area contributed by atoms with Crippen molar-refractivity contribution in [2.24, 2.45) is 0 Å². The second-order valence-electron chi connectivity index (χ2n) is 5.37. The van der Waals surface area contributed by atoms with Gasteiger partial charge in [0, 0.05) is 10.4 Å². The van der Waals surface area contributed by atoms with Crippen LogP contribution in [0.15, 0.2) is 46.3 Å². The minimum atomic E-state index is -0.690. The van der Waals surface area contributed by atoms with E-state index in [2.05, 4.69) is 10.5 Å². The molecule has 3 rings (SSSR count). The molecule has 0 bridgehead atoms. The third-order valence-electron chi connectivity index (χ3n) is 3.57. The first-order valence-corrected chi connectivity index (χ1v) is 8.99. The topological polar surface area (TPSA) is 81.4 Å². The van der Waals surface area contributed by atoms with Crippen LogP contribution in [0, 0.1) is 6.92 Å². The molecule has 8 heteroatoms. The van der Waals surface area contributed by atoms with Crippen LogP contribution in [0.1, 0.15) is 21.0 Å². The van der Waals surface area contributed by atoms with Gasteiger partial charge in [0.2, 0.25) is 0 Å². The van der Waals surface area contributed by atoms with E-state index in [0.29, 0.717) is 22.9 Å². The zero-order chi connectivity index (χ0) is 18.5. The molecule has 1 aromatic carbocycles. The van der Waals surface area contributed by atoms with Gasteiger partial charge >= 0.3 is 5.97 Å². The number of esters is 1. The summed E-state index contributed by atoms with van der Waals surface area (Å²) < 4.78 is 10.2. The van der Waals surface area contributed by atoms with Gasteiger partial charge in [0.15, 0.2) is 6.61 Å². The number of carbonyl (C=O) groups excluding carboxylic acids is 2. The molecule has 0 aliphatic heterocycles. The number of nitrogens with one attached hydrogen (secondary N) is 1. The number of aryl methyl sites for hydroxylation is 1. The van der Waals surface area contributed by atoms with E-state index in [1.165, 1.54) is 11.3 Å². The second-order valence-corrected chi connectivity index (χ2v) is 6.81. The van der Waals surface area contributed by atoms with E-state index in [4.69, 9.17) is 20.9 Å². The van der Waals surface area contributed by atoms with Crippen LogP contribution in [-0.2, 0) is 16.1 Å². The van der Waals surface area contributed by atoms with Crippen molar-refractivity contribution in [1.82, 2.24) is 10.5 Å². The molecule has 134 valence electrons. The Hall–Kier alpha value is -2.64. The molecule has 0 saturated heterocycles. The molecule has 0 unspecified atom stereocenters. The van der Waals surface area contributed by atoms with Gasteiger partial charge in [-0.3, -0.25) is 4.79 Å². The zero-order valence-corrected chi connectivity index (χ0v) is 15.4. The van der Waals surface area contributed by atoms with Crippen LogP contribution in [0.2, 0.25) is 5.02 Å². The number of ether oxygens (including phenoxy) is 1. The smallest absolute Gasteiger partial charge is 0.344 e. The summed E-state index contributed by atoms with van der Waals surface area (Å²) in [6.45, 7) is 1.60. The number of benzene rings is 1. The van der Waals surface area contributed by atoms with E-state index in [0.717, 1.165) is 4.88 Å². The van der Waals surface area contributed by atoms with Crippen molar-refractivity contribution in [3.05, 3.63) is 63.0 Å². The van der Waals surface area contributed by atoms with Crippen LogP contribution >= 0.6 is 22.9 Å². The normalized spacial score (nSPS) is 10.5. The van der Waals surface area contributed by atoms with E-state index in [-0.39, 0.29) is 17.2 Å². The first kappa shape index (κ1) is 18.2. The first-order valence-electron chi connectivity index (χ1n) is 7.73. The lowest BCUT2D eigenvalue weighted by molar-refractivity contribution is -0.124. The summed E-state index contributed by atoms with van der Waals surface area (Å²) in [5.41, 5.74) is 1.00. The molecule has 3 aromatic rings. The van der Waals surface area contributed by atoms with Crippen LogP contribution < -0.4 is 5.32 Å². The van der Waals surface area contributed by atoms with Gasteiger partial charge in [0.25, 0.3) is 5.91 Å². The highest BCUT2D eigenvalue weighted by molar-refractivity contribution is 7.09. The van der Waals surface area contributed by atoms with Gasteiger partial charge in [-0.2, -0.15) is 0 Å². The minimum Gasteiger partial charge on any atom is -0.452 e. The minimum absolute atomic E-state index is 0.157. The van der Waals surface area contributed by atoms with Gasteiger partial charge in [-0.25, -0.2) is 4.79 Å². The predicted molar refractivity (Wildman–Crippen MR) is 98.1 cm³/mol. The summed E-state index contributed by atoms with van der Waals surface area (Å²) in [6, 6.07) is 10.8. The molecule has 0 spiro atoms. The molecule has 0 fully saturated rings. The average molecular weight is 391 g/mol. The van der Waals surface area contributed by atoms with Gasteiger partial charge in [0.05, 0.1) is 11.6 Å². The Labute approximate surface area is 158 Å². The van der Waals surface area contributed by atoms with Crippen molar-refractivity contribution >= 4 is 34.8 Å². The Kier molecular flexibility index (Phi) is 5.70. The number of amides is 1. The van der Waals surface area contributed by atoms with Crippen molar-refractivity contribution < 1.29 is 18.8 Å². The number of hydrogen-bond acceptors (Lipinski definition) is 6. The Morgan fingerprint density at radius 2 is 2.08 bits per heavy atom. The number of carbonyl (C=O) groups is 2. The molecule has 0 atom stereocenters. The number of thiophene rings is 1. The van der Waals surface area contributed by atoms with E-state index in [1.807, 2.05) is 17.5 Å². The molecule has 0 aliphatic rings. The zero-order valence-electron chi connectivity index (χ0n) is 13.8. The molecule has 0 saturated carbocycles. The Balaban J connectivity index is 1.66. The number of halogens is 1. The monoisotopic (exact) mass is 390 g/mol. The average Bonchev–Trinajstić information content (AvgIpc) is 3.28. The highest BCUT2D eigenvalue weighted by Gasteiger charge is 2.24. The fraction of sp³-hybridized carbons (Fsp3) is 0.167. The van der Waals surface area contributed by atoms with Crippen LogP contribution in [0.25, 0.3) is 11.3 Å². The lowest BCUT2D eigenvalue weighted by Gasteiger charge is -2.07. The van der Waals surface area contributed by atoms with Crippen LogP contribution in [0.4, 0.5) is 0 Å². The fourth-order valence-electron chi connectivity index (χ4n) is 2.30. The molecule has 1 amide bonds. The fourth-order valence-corrected chi connectivity index (χ4v) is 3.17. The maximum absolute atomic E-state index is 12.4. The van der Waals surface area contributed by atoms with Gasteiger partial charge in [-0.1, -0.05) is 41.0 Å². The third-order valence-corrected chi connectivity index (χ3v) is 4.78. The summed E-state index contributed by atoms with van der Waals surface area (Å²) in [6.07, 6.45) is 0. The largest absolute Gasteiger partial charge is 0.452 e. The van der Waals surface area contributed by atoms with E-state index in [1.54, 1.807) is 31.2 Å². The second kappa shape index (κ2) is 8.16. The molecule has 1 N–H and O–H groups in total. The highest BCUT2D eigenvalue weighted by atomic mass is 35.5. The van der Waals surface area contributed by atoms with Crippen LogP contribution in [0.5, 0.6) is 0 Å². The molecular formula is C18H15ClN2O4S. The standard InChI is InChI=1S/C18H15ClN2O4S/c1-11-16(17(21-25-11)13-6-2-3-7-14(13)19)18(23)24-10-15(22)20-9-12-5-4-8-26-12/h2-8H,9-10H2,1H3,(H,20,22). The van der Waals surface area contributed by atoms with Gasteiger partial charge in [0.1, 0.15) is 17.0 Å². The number of nitrogens with zero attached hydrogens (tertiary/aromatic N) is 1. The van der Waals surface area contributed by atoms with Crippen LogP contribution in [0.3, 0.4) is 0 Å². The predicted octanol–water partition coefficient (Wildman–Crippen LogP) is 3.84. The van der Waals surface area contributed by atoms with E-state index < -0.39 is 12.6 Å². The maximum Gasteiger partial charge on any atom is 0.344 e. The molecule has 2 heterocycles. The van der Waals surface area contributed by atoms with Crippen molar-refractivity contribution in [2.75, 3.05) is 6.61 Å². The summed E-state index contributed by atoms with van der Waals surface area (Å²) >= 11 is 7.70. The third kappa shape index (κ3) is 4.12. The summed E-state index contributed by atoms with van der Waals surface area (Å²) in [5.74, 6) is -0.783. The molecule has 2 aromatic heterocycles. The lowest BCUT2D eigenvalue weighted by atomic mass is 10.1. The number of aromatic nitrogens is 1. The highest BCUT2D eigenvalue weighted by Crippen LogP contribution is 2.31. The summed E-state index contributed by atoms with van der Waals surface area (Å²) in [7, 11) is 0. The Morgan fingerprint density at radius 3 is 2.81 bits per heavy atom. The van der Waals surface area contributed by atoms with Crippen molar-refractivity contribution in [1.29, 1.82) is 0 Å². The molecule has 26 heavy (non-hydrogen) atoms. The quantitative estimate of drug-likeness (QED) is 0.647. The summed E-state index contributed by atoms with van der Waals surface area (Å²) in [5, 5.41) is 8.95. The SMILES string of the molecule is Cc1onc(-c2ccccc2Cl)c1C(=O)OCC(=O)NCc1cccs1. The molecular weight excluding hydrogens is 376 g/mol. The first-order chi connectivity index (χ1) is 12.6. The van der Waals surface area contributed by atoms with Crippen LogP contribution in [-0.4, -0.2) is 23.6 Å². The van der Waals surface area contributed by atoms with Crippen molar-refractivity contribution in [2.45, 2.75) is 13.5 Å². The summed E-state index contributed by atoms with van der Waals surface area (Å²) in [4.78, 5) is 25.3.